The molecule has 12 saturated carbocycles. The van der Waals surface area contributed by atoms with E-state index in [4.69, 9.17) is 15.0 Å². The van der Waals surface area contributed by atoms with Gasteiger partial charge in [0.15, 0.2) is 0 Å². The fourth-order valence-corrected chi connectivity index (χ4v) is 32.7. The molecule has 0 aliphatic heterocycles. The third kappa shape index (κ3) is 15.3. The number of aromatic nitrogens is 9. The Bertz CT molecular complexity index is 8450. The van der Waals surface area contributed by atoms with Crippen LogP contribution in [0.2, 0.25) is 0 Å². The van der Waals surface area contributed by atoms with Crippen LogP contribution in [0.25, 0.3) is 165 Å². The average Bonchev–Trinajstić information content (AvgIpc) is 1.39. The van der Waals surface area contributed by atoms with Crippen molar-refractivity contribution in [3.63, 3.8) is 0 Å². The molecule has 12 aliphatic rings. The molecule has 9 heterocycles. The summed E-state index contributed by atoms with van der Waals surface area (Å²) in [7, 11) is 0. The van der Waals surface area contributed by atoms with Gasteiger partial charge in [0.1, 0.15) is 23.3 Å². The van der Waals surface area contributed by atoms with Crippen molar-refractivity contribution in [3.8, 4) is 34.6 Å². The van der Waals surface area contributed by atoms with E-state index in [-0.39, 0.29) is 32.5 Å². The summed E-state index contributed by atoms with van der Waals surface area (Å²) in [6, 6.07) is 107. The highest BCUT2D eigenvalue weighted by Crippen LogP contribution is 2.65. The van der Waals surface area contributed by atoms with Crippen LogP contribution in [0.4, 0.5) is 0 Å². The first-order valence-electron chi connectivity index (χ1n) is 57.2. The van der Waals surface area contributed by atoms with Gasteiger partial charge in [-0.2, -0.15) is 0 Å². The van der Waals surface area contributed by atoms with E-state index in [2.05, 4.69) is 437 Å². The summed E-state index contributed by atoms with van der Waals surface area (Å²) in [4.78, 5) is 15.8. The van der Waals surface area contributed by atoms with E-state index in [0.717, 1.165) is 87.9 Å². The Labute approximate surface area is 885 Å². The van der Waals surface area contributed by atoms with Gasteiger partial charge in [0.25, 0.3) is 0 Å². The van der Waals surface area contributed by atoms with Crippen molar-refractivity contribution < 1.29 is 0 Å². The van der Waals surface area contributed by atoms with E-state index >= 15 is 0 Å². The molecule has 9 heteroatoms. The second kappa shape index (κ2) is 33.4. The van der Waals surface area contributed by atoms with Gasteiger partial charge in [-0.25, -0.2) is 15.0 Å². The standard InChI is InChI=1S/3C47H49N3/c1-45(2,3)32-14-17-41-37(23-32)38-24-33(46(4,5)6)15-18-42(38)50(41)44-13-9-12-43(48-44)49-39-11-8-7-10-35(39)36-25-34(16-19-40(36)49)47-26-29-20-30(27-47)22-31(21-29)28-47;1-45(2,3)32-11-15-42-38(22-32)39-23-33(46(4,5)6)12-16-43(39)50(42)44-18-14-35(28-48-44)49-40-10-8-7-9-36(40)37-24-34(13-17-41(37)49)47-25-29-19-30(26-47)21-31(20-29)27-47;1-45(2,3)32-11-14-42-38(22-32)39-23-33(46(4,5)6)12-15-43(39)50(42)44-25-35(17-18-48-44)49-40-10-8-7-9-36(40)37-24-34(13-16-41(37)49)47-26-29-19-30(27-47)21-31(20-29)28-47/h7-19,23-25,29-31H,20-22,26-28H2,1-6H3;7-18,22-24,28-31H,19-21,25-27H2,1-6H3;7-18,22-25,29-31H,19-21,26-28H2,1-6H3. The summed E-state index contributed by atoms with van der Waals surface area (Å²) in [6.07, 6.45) is 29.9. The highest BCUT2D eigenvalue weighted by molar-refractivity contribution is 6.15. The third-order valence-electron chi connectivity index (χ3n) is 39.1. The molecule has 756 valence electrons. The molecule has 9 aromatic heterocycles. The molecule has 0 saturated heterocycles. The normalized spacial score (nSPS) is 23.6. The lowest BCUT2D eigenvalue weighted by atomic mass is 9.48. The minimum atomic E-state index is 0.0640. The second-order valence-corrected chi connectivity index (χ2v) is 55.3. The molecule has 21 aromatic rings. The number of hydrogen-bond donors (Lipinski definition) is 0. The van der Waals surface area contributed by atoms with Gasteiger partial charge in [0.05, 0.1) is 83.8 Å². The number of hydrogen-bond acceptors (Lipinski definition) is 3. The SMILES string of the molecule is CC(C)(C)c1ccc2c(c1)c1cc(C(C)(C)C)ccc1n2-c1cc(-n2c3ccccc3c3cc(C45CC6CC(CC(C6)C4)C5)ccc32)ccn1.CC(C)(C)c1ccc2c(c1)c1cc(C(C)(C)C)ccc1n2-c1ccc(-n2c3ccccc3c3cc(C45CC6CC(CC(C6)C4)C5)ccc32)cn1.CC(C)(C)c1ccc2c(c1)c1cc(C(C)(C)C)ccc1n2-c1cccc(-n2c3ccccc3c3cc(C45CC6CC(CC(C6)C4)C5)ccc32)n1. The zero-order valence-corrected chi connectivity index (χ0v) is 91.7. The van der Waals surface area contributed by atoms with Crippen LogP contribution < -0.4 is 0 Å². The maximum Gasteiger partial charge on any atom is 0.140 e. The first-order chi connectivity index (χ1) is 71.8. The van der Waals surface area contributed by atoms with Crippen molar-refractivity contribution in [1.82, 2.24) is 42.4 Å². The highest BCUT2D eigenvalue weighted by Gasteiger charge is 2.55. The predicted octanol–water partition coefficient (Wildman–Crippen LogP) is 37.0. The maximum atomic E-state index is 5.50. The van der Waals surface area contributed by atoms with E-state index < -0.39 is 0 Å². The van der Waals surface area contributed by atoms with Crippen molar-refractivity contribution in [2.45, 2.75) is 289 Å². The van der Waals surface area contributed by atoms with Crippen molar-refractivity contribution in [1.29, 1.82) is 0 Å². The molecule has 0 radical (unpaired) electrons. The molecule has 0 amide bonds. The number of pyridine rings is 3. The monoisotopic (exact) mass is 1970 g/mol. The van der Waals surface area contributed by atoms with E-state index in [1.807, 2.05) is 6.20 Å². The maximum absolute atomic E-state index is 5.50. The average molecular weight is 1970 g/mol. The van der Waals surface area contributed by atoms with Crippen LogP contribution in [-0.4, -0.2) is 42.4 Å². The van der Waals surface area contributed by atoms with Crippen LogP contribution in [0.3, 0.4) is 0 Å². The van der Waals surface area contributed by atoms with Crippen LogP contribution in [0.1, 0.15) is 290 Å². The molecular weight excluding hydrogens is 1820 g/mol. The van der Waals surface area contributed by atoms with Gasteiger partial charge < -0.3 is 9.13 Å². The third-order valence-corrected chi connectivity index (χ3v) is 39.1. The summed E-state index contributed by atoms with van der Waals surface area (Å²) in [5.41, 5.74) is 31.4. The number of nitrogens with zero attached hydrogens (tertiary/aromatic N) is 9. The smallest absolute Gasteiger partial charge is 0.140 e. The van der Waals surface area contributed by atoms with E-state index in [1.54, 1.807) is 16.7 Å². The highest BCUT2D eigenvalue weighted by atomic mass is 15.1. The van der Waals surface area contributed by atoms with Gasteiger partial charge in [-0.3, -0.25) is 18.3 Å². The Morgan fingerprint density at radius 3 is 0.713 bits per heavy atom. The minimum absolute atomic E-state index is 0.0640. The van der Waals surface area contributed by atoms with Crippen LogP contribution >= 0.6 is 0 Å². The molecule has 33 rings (SSSR count). The van der Waals surface area contributed by atoms with Crippen LogP contribution in [0.15, 0.2) is 291 Å². The Morgan fingerprint density at radius 1 is 0.193 bits per heavy atom. The molecule has 12 aliphatic carbocycles. The molecule has 0 N–H and O–H groups in total. The quantitative estimate of drug-likeness (QED) is 0.145. The van der Waals surface area contributed by atoms with Crippen molar-refractivity contribution in [2.75, 3.05) is 0 Å². The summed E-state index contributed by atoms with van der Waals surface area (Å²) in [5.74, 6) is 12.3. The van der Waals surface area contributed by atoms with Crippen molar-refractivity contribution in [3.05, 3.63) is 342 Å². The van der Waals surface area contributed by atoms with Gasteiger partial charge in [0.2, 0.25) is 0 Å². The number of para-hydroxylation sites is 3. The Hall–Kier alpha value is -13.1. The molecule has 0 atom stereocenters. The van der Waals surface area contributed by atoms with Gasteiger partial charge in [-0.1, -0.05) is 240 Å². The topological polar surface area (TPSA) is 68.2 Å². The molecule has 150 heavy (non-hydrogen) atoms. The van der Waals surface area contributed by atoms with Crippen LogP contribution in [-0.2, 0) is 48.7 Å². The Balaban J connectivity index is 0.000000108. The first kappa shape index (κ1) is 94.1. The van der Waals surface area contributed by atoms with E-state index in [1.165, 1.54) is 280 Å². The summed E-state index contributed by atoms with van der Waals surface area (Å²) >= 11 is 0. The Kier molecular flexibility index (Phi) is 21.0. The summed E-state index contributed by atoms with van der Waals surface area (Å²) in [6.45, 7) is 41.4. The zero-order chi connectivity index (χ0) is 102. The lowest BCUT2D eigenvalue weighted by Crippen LogP contribution is -2.48. The molecule has 0 unspecified atom stereocenters. The summed E-state index contributed by atoms with van der Waals surface area (Å²) in [5, 5.41) is 15.9. The molecule has 12 bridgehead atoms. The van der Waals surface area contributed by atoms with Gasteiger partial charge in [0, 0.05) is 76.9 Å². The predicted molar refractivity (Wildman–Crippen MR) is 630 cm³/mol. The largest absolute Gasteiger partial charge is 0.309 e. The molecule has 12 fully saturated rings. The lowest BCUT2D eigenvalue weighted by Gasteiger charge is -2.57. The molecule has 0 spiro atoms. The first-order valence-corrected chi connectivity index (χ1v) is 57.2. The molecular formula is C141H147N9. The molecule has 12 aromatic carbocycles. The van der Waals surface area contributed by atoms with Crippen molar-refractivity contribution in [2.24, 2.45) is 53.3 Å². The van der Waals surface area contributed by atoms with E-state index in [9.17, 15) is 0 Å². The second-order valence-electron chi connectivity index (χ2n) is 55.3. The van der Waals surface area contributed by atoms with Gasteiger partial charge in [-0.05, 0) is 425 Å². The minimum Gasteiger partial charge on any atom is -0.309 e. The van der Waals surface area contributed by atoms with E-state index in [0.29, 0.717) is 16.2 Å². The van der Waals surface area contributed by atoms with Gasteiger partial charge >= 0.3 is 0 Å². The Morgan fingerprint density at radius 2 is 0.433 bits per heavy atom. The fraction of sp³-hybridized carbons (Fsp3) is 0.383. The zero-order valence-electron chi connectivity index (χ0n) is 91.7. The molecule has 9 nitrogen and oxygen atoms in total. The number of benzene rings is 12. The van der Waals surface area contributed by atoms with Crippen molar-refractivity contribution >= 4 is 131 Å². The van der Waals surface area contributed by atoms with Crippen LogP contribution in [0.5, 0.6) is 0 Å². The lowest BCUT2D eigenvalue weighted by molar-refractivity contribution is -0.00524. The van der Waals surface area contributed by atoms with Gasteiger partial charge in [-0.15, -0.1) is 0 Å². The van der Waals surface area contributed by atoms with Crippen LogP contribution in [0, 0.1) is 53.3 Å². The fourth-order valence-electron chi connectivity index (χ4n) is 32.7. The number of rotatable bonds is 9. The summed E-state index contributed by atoms with van der Waals surface area (Å²) < 4.78 is 14.4. The number of fused-ring (bicyclic) bond motifs is 18.